The molecule has 0 saturated carbocycles. The van der Waals surface area contributed by atoms with Crippen LogP contribution in [0.4, 0.5) is 10.7 Å². The highest BCUT2D eigenvalue weighted by molar-refractivity contribution is 7.16. The van der Waals surface area contributed by atoms with Gasteiger partial charge in [-0.05, 0) is 31.2 Å². The second-order valence-electron chi connectivity index (χ2n) is 6.00. The van der Waals surface area contributed by atoms with Crippen LogP contribution in [0.3, 0.4) is 0 Å². The van der Waals surface area contributed by atoms with Crippen LogP contribution in [0.15, 0.2) is 23.1 Å². The molecule has 1 aliphatic carbocycles. The second-order valence-corrected chi connectivity index (χ2v) is 7.11. The van der Waals surface area contributed by atoms with E-state index < -0.39 is 10.5 Å². The summed E-state index contributed by atoms with van der Waals surface area (Å²) in [5.74, 6) is -0.335. The molecule has 9 heteroatoms. The Kier molecular flexibility index (Phi) is 5.14. The first-order valence-electron chi connectivity index (χ1n) is 8.19. The second kappa shape index (κ2) is 7.49. The van der Waals surface area contributed by atoms with Crippen LogP contribution in [0, 0.1) is 21.4 Å². The zero-order valence-electron chi connectivity index (χ0n) is 13.9. The van der Waals surface area contributed by atoms with E-state index in [1.165, 1.54) is 11.3 Å². The van der Waals surface area contributed by atoms with Crippen LogP contribution < -0.4 is 10.9 Å². The van der Waals surface area contributed by atoms with Gasteiger partial charge in [-0.2, -0.15) is 5.26 Å². The Morgan fingerprint density at radius 1 is 1.38 bits per heavy atom. The van der Waals surface area contributed by atoms with Gasteiger partial charge in [0.25, 0.3) is 11.2 Å². The lowest BCUT2D eigenvalue weighted by Crippen LogP contribution is -2.22. The lowest BCUT2D eigenvalue weighted by molar-refractivity contribution is -0.385. The number of aromatic nitrogens is 1. The summed E-state index contributed by atoms with van der Waals surface area (Å²) in [7, 11) is 0. The van der Waals surface area contributed by atoms with Crippen molar-refractivity contribution in [1.29, 1.82) is 5.26 Å². The van der Waals surface area contributed by atoms with E-state index >= 15 is 0 Å². The Morgan fingerprint density at radius 3 is 2.88 bits per heavy atom. The fraction of sp³-hybridized carbons (Fsp3) is 0.353. The van der Waals surface area contributed by atoms with E-state index in [1.54, 1.807) is 0 Å². The quantitative estimate of drug-likeness (QED) is 0.639. The molecule has 0 bridgehead atoms. The molecule has 2 aromatic rings. The van der Waals surface area contributed by atoms with Gasteiger partial charge in [0, 0.05) is 30.0 Å². The van der Waals surface area contributed by atoms with Gasteiger partial charge < -0.3 is 9.88 Å². The molecule has 3 rings (SSSR count). The molecule has 26 heavy (non-hydrogen) atoms. The third kappa shape index (κ3) is 3.65. The molecule has 0 radical (unpaired) electrons. The average Bonchev–Trinajstić information content (AvgIpc) is 2.97. The highest BCUT2D eigenvalue weighted by atomic mass is 32.1. The van der Waals surface area contributed by atoms with E-state index in [-0.39, 0.29) is 24.6 Å². The molecular formula is C17H16N4O4S. The minimum atomic E-state index is -0.592. The Morgan fingerprint density at radius 2 is 2.15 bits per heavy atom. The van der Waals surface area contributed by atoms with Crippen LogP contribution in [0.5, 0.6) is 0 Å². The summed E-state index contributed by atoms with van der Waals surface area (Å²) in [6.07, 6.45) is 5.01. The van der Waals surface area contributed by atoms with Crippen molar-refractivity contribution in [2.75, 3.05) is 5.32 Å². The molecule has 134 valence electrons. The predicted octanol–water partition coefficient (Wildman–Crippen LogP) is 2.60. The molecule has 1 N–H and O–H groups in total. The number of nitrogens with one attached hydrogen (secondary N) is 1. The fourth-order valence-corrected chi connectivity index (χ4v) is 4.24. The number of anilines is 1. The summed E-state index contributed by atoms with van der Waals surface area (Å²) < 4.78 is 1.14. The monoisotopic (exact) mass is 372 g/mol. The number of rotatable bonds is 5. The van der Waals surface area contributed by atoms with Gasteiger partial charge in [0.05, 0.1) is 16.7 Å². The predicted molar refractivity (Wildman–Crippen MR) is 96.3 cm³/mol. The maximum Gasteiger partial charge on any atom is 0.285 e. The number of thiophene rings is 1. The fourth-order valence-electron chi connectivity index (χ4n) is 2.98. The maximum absolute atomic E-state index is 12.2. The van der Waals surface area contributed by atoms with Gasteiger partial charge in [0.1, 0.15) is 11.1 Å². The number of aryl methyl sites for hydroxylation is 2. The first-order chi connectivity index (χ1) is 12.5. The van der Waals surface area contributed by atoms with Gasteiger partial charge in [-0.15, -0.1) is 11.3 Å². The average molecular weight is 372 g/mol. The molecule has 0 saturated heterocycles. The summed E-state index contributed by atoms with van der Waals surface area (Å²) in [6, 6.07) is 4.42. The van der Waals surface area contributed by atoms with Crippen molar-refractivity contribution in [3.8, 4) is 6.07 Å². The van der Waals surface area contributed by atoms with Crippen LogP contribution in [0.1, 0.15) is 35.3 Å². The number of amides is 1. The van der Waals surface area contributed by atoms with Crippen molar-refractivity contribution < 1.29 is 9.72 Å². The Bertz CT molecular complexity index is 970. The summed E-state index contributed by atoms with van der Waals surface area (Å²) in [5, 5.41) is 23.5. The molecular weight excluding hydrogens is 356 g/mol. The highest BCUT2D eigenvalue weighted by Crippen LogP contribution is 2.37. The van der Waals surface area contributed by atoms with Crippen LogP contribution in [0.25, 0.3) is 0 Å². The third-order valence-corrected chi connectivity index (χ3v) is 5.50. The van der Waals surface area contributed by atoms with Gasteiger partial charge in [-0.25, -0.2) is 0 Å². The van der Waals surface area contributed by atoms with Crippen molar-refractivity contribution in [3.63, 3.8) is 0 Å². The van der Waals surface area contributed by atoms with Crippen LogP contribution in [-0.4, -0.2) is 15.4 Å². The van der Waals surface area contributed by atoms with Crippen LogP contribution in [0.2, 0.25) is 0 Å². The van der Waals surface area contributed by atoms with Gasteiger partial charge in [-0.3, -0.25) is 19.7 Å². The number of nitrogens with zero attached hydrogens (tertiary/aromatic N) is 3. The van der Waals surface area contributed by atoms with Crippen molar-refractivity contribution in [2.24, 2.45) is 0 Å². The molecule has 0 fully saturated rings. The molecule has 0 atom stereocenters. The number of pyridine rings is 1. The van der Waals surface area contributed by atoms with Gasteiger partial charge in [0.15, 0.2) is 0 Å². The Labute approximate surface area is 152 Å². The van der Waals surface area contributed by atoms with E-state index in [0.717, 1.165) is 59.0 Å². The molecule has 1 aliphatic rings. The van der Waals surface area contributed by atoms with Gasteiger partial charge in [-0.1, -0.05) is 0 Å². The van der Waals surface area contributed by atoms with Gasteiger partial charge >= 0.3 is 0 Å². The smallest absolute Gasteiger partial charge is 0.285 e. The Hall–Kier alpha value is -2.99. The number of hydrogen-bond donors (Lipinski definition) is 1. The van der Waals surface area contributed by atoms with E-state index in [2.05, 4.69) is 11.4 Å². The minimum Gasteiger partial charge on any atom is -0.317 e. The van der Waals surface area contributed by atoms with Crippen molar-refractivity contribution in [2.45, 2.75) is 38.6 Å². The highest BCUT2D eigenvalue weighted by Gasteiger charge is 2.21. The third-order valence-electron chi connectivity index (χ3n) is 4.29. The largest absolute Gasteiger partial charge is 0.317 e. The zero-order chi connectivity index (χ0) is 18.7. The number of nitriles is 1. The van der Waals surface area contributed by atoms with E-state index in [1.807, 2.05) is 0 Å². The van der Waals surface area contributed by atoms with Crippen LogP contribution >= 0.6 is 11.3 Å². The molecule has 2 aromatic heterocycles. The van der Waals surface area contributed by atoms with Gasteiger partial charge in [0.2, 0.25) is 5.91 Å². The molecule has 2 heterocycles. The molecule has 0 aromatic carbocycles. The molecule has 8 nitrogen and oxygen atoms in total. The van der Waals surface area contributed by atoms with Crippen molar-refractivity contribution in [3.05, 3.63) is 54.8 Å². The summed E-state index contributed by atoms with van der Waals surface area (Å²) in [6.45, 7) is 0.0271. The summed E-state index contributed by atoms with van der Waals surface area (Å²) >= 11 is 1.43. The number of carbonyl (C=O) groups is 1. The first kappa shape index (κ1) is 17.8. The topological polar surface area (TPSA) is 118 Å². The Balaban J connectivity index is 1.70. The summed E-state index contributed by atoms with van der Waals surface area (Å²) in [5.41, 5.74) is 0.954. The van der Waals surface area contributed by atoms with E-state index in [0.29, 0.717) is 10.6 Å². The number of nitro groups is 1. The standard InChI is InChI=1S/C17H16N4O4S/c18-9-13-12-3-1-2-4-14(12)26-17(13)19-15(22)7-8-20-10-11(21(24)25)5-6-16(20)23/h5-6,10H,1-4,7-8H2,(H,19,22). The van der Waals surface area contributed by atoms with E-state index in [9.17, 15) is 25.0 Å². The van der Waals surface area contributed by atoms with E-state index in [4.69, 9.17) is 0 Å². The molecule has 0 spiro atoms. The SMILES string of the molecule is N#Cc1c(NC(=O)CCn2cc([N+](=O)[O-])ccc2=O)sc2c1CCCC2. The first-order valence-corrected chi connectivity index (χ1v) is 9.00. The normalized spacial score (nSPS) is 12.9. The number of fused-ring (bicyclic) bond motifs is 1. The maximum atomic E-state index is 12.2. The molecule has 0 aliphatic heterocycles. The van der Waals surface area contributed by atoms with Crippen molar-refractivity contribution >= 4 is 27.9 Å². The van der Waals surface area contributed by atoms with Crippen LogP contribution in [-0.2, 0) is 24.2 Å². The van der Waals surface area contributed by atoms with Crippen molar-refractivity contribution in [1.82, 2.24) is 4.57 Å². The molecule has 0 unspecified atom stereocenters. The number of carbonyl (C=O) groups excluding carboxylic acids is 1. The lowest BCUT2D eigenvalue weighted by Gasteiger charge is -2.09. The molecule has 1 amide bonds. The number of hydrogen-bond acceptors (Lipinski definition) is 6. The zero-order valence-corrected chi connectivity index (χ0v) is 14.7. The minimum absolute atomic E-state index is 0.0193. The summed E-state index contributed by atoms with van der Waals surface area (Å²) in [4.78, 5) is 35.4. The lowest BCUT2D eigenvalue weighted by atomic mass is 9.96.